The van der Waals surface area contributed by atoms with E-state index in [9.17, 15) is 19.5 Å². The number of thiocarbonyl (C=S) groups is 1. The monoisotopic (exact) mass is 507 g/mol. The number of hydrogen-bond acceptors (Lipinski definition) is 6. The number of nitrogens with zero attached hydrogens (tertiary/aromatic N) is 3. The van der Waals surface area contributed by atoms with Crippen LogP contribution in [-0.2, 0) is 20.9 Å². The quantitative estimate of drug-likeness (QED) is 0.417. The molecule has 0 saturated carbocycles. The summed E-state index contributed by atoms with van der Waals surface area (Å²) < 4.78 is 7.57. The van der Waals surface area contributed by atoms with E-state index in [-0.39, 0.29) is 23.9 Å². The van der Waals surface area contributed by atoms with E-state index >= 15 is 0 Å². The largest absolute Gasteiger partial charge is 0.478 e. The van der Waals surface area contributed by atoms with Gasteiger partial charge in [-0.05, 0) is 30.3 Å². The Morgan fingerprint density at radius 3 is 2.66 bits per heavy atom. The molecule has 178 valence electrons. The van der Waals surface area contributed by atoms with Gasteiger partial charge in [0.15, 0.2) is 4.32 Å². The van der Waals surface area contributed by atoms with E-state index in [0.717, 1.165) is 28.2 Å². The summed E-state index contributed by atoms with van der Waals surface area (Å²) in [5.41, 5.74) is 2.18. The Hall–Kier alpha value is -3.47. The summed E-state index contributed by atoms with van der Waals surface area (Å²) in [5.74, 6) is -1.37. The molecule has 3 heterocycles. The second-order valence-electron chi connectivity index (χ2n) is 8.10. The van der Waals surface area contributed by atoms with Gasteiger partial charge in [0.2, 0.25) is 5.91 Å². The van der Waals surface area contributed by atoms with E-state index in [1.54, 1.807) is 23.1 Å². The normalized spacial score (nSPS) is 17.5. The van der Waals surface area contributed by atoms with Crippen LogP contribution in [0, 0.1) is 0 Å². The number of fused-ring (bicyclic) bond motifs is 1. The first-order valence-electron chi connectivity index (χ1n) is 11.0. The first-order valence-corrected chi connectivity index (χ1v) is 12.2. The van der Waals surface area contributed by atoms with E-state index in [1.807, 2.05) is 35.0 Å². The second kappa shape index (κ2) is 9.65. The van der Waals surface area contributed by atoms with Gasteiger partial charge < -0.3 is 19.3 Å². The van der Waals surface area contributed by atoms with Gasteiger partial charge in [0.25, 0.3) is 5.91 Å². The lowest BCUT2D eigenvalue weighted by atomic mass is 10.1. The highest BCUT2D eigenvalue weighted by molar-refractivity contribution is 8.27. The number of carbonyl (C=O) groups excluding carboxylic acids is 2. The number of para-hydroxylation sites is 1. The molecule has 1 N–H and O–H groups in total. The van der Waals surface area contributed by atoms with Crippen LogP contribution in [0.3, 0.4) is 0 Å². The van der Waals surface area contributed by atoms with E-state index < -0.39 is 5.97 Å². The van der Waals surface area contributed by atoms with Crippen molar-refractivity contribution in [3.8, 4) is 0 Å². The maximum atomic E-state index is 13.3. The Morgan fingerprint density at radius 1 is 1.11 bits per heavy atom. The van der Waals surface area contributed by atoms with Crippen molar-refractivity contribution < 1.29 is 24.2 Å². The van der Waals surface area contributed by atoms with Crippen molar-refractivity contribution in [2.75, 3.05) is 31.2 Å². The lowest BCUT2D eigenvalue weighted by Crippen LogP contribution is -2.42. The standard InChI is InChI=1S/C25H21N3O5S2/c29-22(26-8-10-33-11-9-26)15-27-14-17(19-6-1-2-7-20(19)27)13-21-23(30)28(25(34)35-21)18-5-3-4-16(12-18)24(31)32/h1-7,12-14H,8-11,15H2,(H,31,32)/b21-13+. The van der Waals surface area contributed by atoms with Crippen molar-refractivity contribution in [1.29, 1.82) is 0 Å². The van der Waals surface area contributed by atoms with Gasteiger partial charge in [-0.2, -0.15) is 0 Å². The molecular formula is C25H21N3O5S2. The molecule has 0 atom stereocenters. The first-order chi connectivity index (χ1) is 16.9. The molecule has 2 fully saturated rings. The number of aromatic nitrogens is 1. The van der Waals surface area contributed by atoms with Crippen molar-refractivity contribution in [2.45, 2.75) is 6.54 Å². The predicted molar refractivity (Wildman–Crippen MR) is 138 cm³/mol. The van der Waals surface area contributed by atoms with Crippen molar-refractivity contribution in [3.05, 3.63) is 70.8 Å². The van der Waals surface area contributed by atoms with Crippen LogP contribution in [0.15, 0.2) is 59.6 Å². The number of rotatable bonds is 5. The molecule has 2 amide bonds. The number of anilines is 1. The predicted octanol–water partition coefficient (Wildman–Crippen LogP) is 3.60. The minimum absolute atomic E-state index is 0.0187. The van der Waals surface area contributed by atoms with Crippen LogP contribution < -0.4 is 4.90 Å². The van der Waals surface area contributed by atoms with E-state index in [2.05, 4.69) is 0 Å². The van der Waals surface area contributed by atoms with Crippen LogP contribution in [0.4, 0.5) is 5.69 Å². The molecule has 0 aliphatic carbocycles. The molecule has 2 aliphatic heterocycles. The topological polar surface area (TPSA) is 92.1 Å². The highest BCUT2D eigenvalue weighted by Gasteiger charge is 2.34. The SMILES string of the molecule is O=C(O)c1cccc(N2C(=O)/C(=C\c3cn(CC(=O)N4CCOCC4)c4ccccc34)SC2=S)c1. The summed E-state index contributed by atoms with van der Waals surface area (Å²) in [5, 5.41) is 10.2. The molecule has 0 unspecified atom stereocenters. The van der Waals surface area contributed by atoms with Crippen molar-refractivity contribution >= 4 is 68.8 Å². The van der Waals surface area contributed by atoms with Crippen LogP contribution in [0.5, 0.6) is 0 Å². The van der Waals surface area contributed by atoms with Gasteiger partial charge >= 0.3 is 5.97 Å². The van der Waals surface area contributed by atoms with Gasteiger partial charge in [0.1, 0.15) is 6.54 Å². The summed E-state index contributed by atoms with van der Waals surface area (Å²) in [6, 6.07) is 13.9. The number of thioether (sulfide) groups is 1. The molecule has 1 aromatic heterocycles. The molecule has 10 heteroatoms. The number of carboxylic acids is 1. The third-order valence-electron chi connectivity index (χ3n) is 5.92. The average Bonchev–Trinajstić information content (AvgIpc) is 3.35. The number of benzene rings is 2. The smallest absolute Gasteiger partial charge is 0.335 e. The molecule has 2 aromatic carbocycles. The van der Waals surface area contributed by atoms with Crippen LogP contribution in [0.2, 0.25) is 0 Å². The van der Waals surface area contributed by atoms with Gasteiger partial charge in [-0.25, -0.2) is 4.79 Å². The summed E-state index contributed by atoms with van der Waals surface area (Å²) in [4.78, 5) is 41.0. The molecule has 8 nitrogen and oxygen atoms in total. The highest BCUT2D eigenvalue weighted by Crippen LogP contribution is 2.37. The van der Waals surface area contributed by atoms with Crippen molar-refractivity contribution in [2.24, 2.45) is 0 Å². The number of morpholine rings is 1. The Bertz CT molecular complexity index is 1390. The minimum atomic E-state index is -1.08. The zero-order valence-electron chi connectivity index (χ0n) is 18.5. The Morgan fingerprint density at radius 2 is 1.89 bits per heavy atom. The zero-order valence-corrected chi connectivity index (χ0v) is 20.2. The summed E-state index contributed by atoms with van der Waals surface area (Å²) in [6.07, 6.45) is 3.65. The van der Waals surface area contributed by atoms with Crippen LogP contribution in [0.25, 0.3) is 17.0 Å². The number of carboxylic acid groups (broad SMARTS) is 1. The van der Waals surface area contributed by atoms with Gasteiger partial charge in [0.05, 0.1) is 29.4 Å². The Labute approximate surface area is 210 Å². The lowest BCUT2D eigenvalue weighted by molar-refractivity contribution is -0.135. The van der Waals surface area contributed by atoms with Gasteiger partial charge in [0, 0.05) is 35.8 Å². The maximum absolute atomic E-state index is 13.3. The molecule has 2 aliphatic rings. The number of amides is 2. The molecule has 2 saturated heterocycles. The number of aromatic carboxylic acids is 1. The summed E-state index contributed by atoms with van der Waals surface area (Å²) in [6.45, 7) is 2.44. The van der Waals surface area contributed by atoms with Gasteiger partial charge in [-0.15, -0.1) is 0 Å². The third kappa shape index (κ3) is 4.60. The fourth-order valence-electron chi connectivity index (χ4n) is 4.19. The zero-order chi connectivity index (χ0) is 24.5. The summed E-state index contributed by atoms with van der Waals surface area (Å²) in [7, 11) is 0. The summed E-state index contributed by atoms with van der Waals surface area (Å²) >= 11 is 6.61. The maximum Gasteiger partial charge on any atom is 0.335 e. The Balaban J connectivity index is 1.45. The number of hydrogen-bond donors (Lipinski definition) is 1. The van der Waals surface area contributed by atoms with E-state index in [4.69, 9.17) is 17.0 Å². The fraction of sp³-hybridized carbons (Fsp3) is 0.200. The molecular weight excluding hydrogens is 486 g/mol. The molecule has 5 rings (SSSR count). The minimum Gasteiger partial charge on any atom is -0.478 e. The van der Waals surface area contributed by atoms with Crippen LogP contribution in [0.1, 0.15) is 15.9 Å². The lowest BCUT2D eigenvalue weighted by Gasteiger charge is -2.27. The number of ether oxygens (including phenoxy) is 1. The third-order valence-corrected chi connectivity index (χ3v) is 7.22. The van der Waals surface area contributed by atoms with Crippen molar-refractivity contribution in [1.82, 2.24) is 9.47 Å². The molecule has 0 radical (unpaired) electrons. The Kier molecular flexibility index (Phi) is 6.42. The number of carbonyl (C=O) groups is 3. The van der Waals surface area contributed by atoms with Gasteiger partial charge in [-0.1, -0.05) is 48.2 Å². The first kappa shape index (κ1) is 23.3. The molecule has 35 heavy (non-hydrogen) atoms. The van der Waals surface area contributed by atoms with Crippen LogP contribution >= 0.6 is 24.0 Å². The van der Waals surface area contributed by atoms with E-state index in [0.29, 0.717) is 41.2 Å². The van der Waals surface area contributed by atoms with E-state index in [1.165, 1.54) is 17.0 Å². The molecule has 0 bridgehead atoms. The van der Waals surface area contributed by atoms with Crippen LogP contribution in [-0.4, -0.2) is 63.0 Å². The average molecular weight is 508 g/mol. The molecule has 0 spiro atoms. The van der Waals surface area contributed by atoms with Crippen molar-refractivity contribution in [3.63, 3.8) is 0 Å². The van der Waals surface area contributed by atoms with Gasteiger partial charge in [-0.3, -0.25) is 14.5 Å². The second-order valence-corrected chi connectivity index (χ2v) is 9.77. The molecule has 3 aromatic rings. The highest BCUT2D eigenvalue weighted by atomic mass is 32.2. The fourth-order valence-corrected chi connectivity index (χ4v) is 5.48.